The quantitative estimate of drug-likeness (QED) is 0.475. The van der Waals surface area contributed by atoms with Crippen molar-refractivity contribution in [2.75, 3.05) is 36.1 Å². The van der Waals surface area contributed by atoms with E-state index in [2.05, 4.69) is 58.4 Å². The summed E-state index contributed by atoms with van der Waals surface area (Å²) in [4.78, 5) is 25.5. The number of benzene rings is 2. The van der Waals surface area contributed by atoms with E-state index in [0.29, 0.717) is 24.7 Å². The van der Waals surface area contributed by atoms with E-state index in [4.69, 9.17) is 10.5 Å². The van der Waals surface area contributed by atoms with E-state index < -0.39 is 0 Å². The number of carbonyl (C=O) groups is 1. The molecule has 1 aliphatic rings. The molecule has 2 aromatic carbocycles. The van der Waals surface area contributed by atoms with Crippen molar-refractivity contribution in [1.82, 2.24) is 14.9 Å². The molecule has 8 nitrogen and oxygen atoms in total. The van der Waals surface area contributed by atoms with Gasteiger partial charge in [0.05, 0.1) is 6.54 Å². The van der Waals surface area contributed by atoms with E-state index in [-0.39, 0.29) is 24.3 Å². The molecule has 34 heavy (non-hydrogen) atoms. The molecule has 0 saturated heterocycles. The molecule has 3 N–H and O–H groups in total. The summed E-state index contributed by atoms with van der Waals surface area (Å²) in [5, 5.41) is 2.81. The largest absolute Gasteiger partial charge is 0.458 e. The lowest BCUT2D eigenvalue weighted by atomic mass is 10.1. The van der Waals surface area contributed by atoms with Gasteiger partial charge in [-0.25, -0.2) is 0 Å². The summed E-state index contributed by atoms with van der Waals surface area (Å²) in [5.41, 5.74) is 9.95. The van der Waals surface area contributed by atoms with E-state index in [1.54, 1.807) is 0 Å². The van der Waals surface area contributed by atoms with Crippen LogP contribution in [0.2, 0.25) is 0 Å². The van der Waals surface area contributed by atoms with Crippen LogP contribution >= 0.6 is 0 Å². The molecule has 0 fully saturated rings. The molecule has 0 bridgehead atoms. The number of unbranched alkanes of at least 4 members (excludes halogenated alkanes) is 1. The molecule has 0 aliphatic carbocycles. The van der Waals surface area contributed by atoms with Crippen molar-refractivity contribution in [2.45, 2.75) is 39.5 Å². The molecule has 8 heteroatoms. The van der Waals surface area contributed by atoms with Gasteiger partial charge in [0, 0.05) is 13.1 Å². The molecule has 0 saturated carbocycles. The van der Waals surface area contributed by atoms with Gasteiger partial charge in [-0.05, 0) is 36.7 Å². The maximum Gasteiger partial charge on any atom is 0.320 e. The minimum Gasteiger partial charge on any atom is -0.458 e. The zero-order chi connectivity index (χ0) is 23.9. The van der Waals surface area contributed by atoms with Crippen molar-refractivity contribution >= 4 is 23.2 Å². The lowest BCUT2D eigenvalue weighted by molar-refractivity contribution is -0.115. The molecule has 178 valence electrons. The van der Waals surface area contributed by atoms with Gasteiger partial charge in [-0.15, -0.1) is 0 Å². The first-order valence-electron chi connectivity index (χ1n) is 11.7. The molecule has 0 spiro atoms. The number of fused-ring (bicyclic) bond motifs is 1. The Labute approximate surface area is 200 Å². The summed E-state index contributed by atoms with van der Waals surface area (Å²) in [7, 11) is 2.14. The third-order valence-electron chi connectivity index (χ3n) is 5.72. The molecule has 0 radical (unpaired) electrons. The van der Waals surface area contributed by atoms with Crippen LogP contribution in [0.4, 0.5) is 17.3 Å². The minimum atomic E-state index is -0.142. The number of ether oxygens (including phenoxy) is 1. The molecule has 2 heterocycles. The number of carbonyl (C=O) groups excluding carboxylic acids is 1. The smallest absolute Gasteiger partial charge is 0.320 e. The predicted molar refractivity (Wildman–Crippen MR) is 135 cm³/mol. The number of hydrogen-bond acceptors (Lipinski definition) is 7. The summed E-state index contributed by atoms with van der Waals surface area (Å²) in [6, 6.07) is 18.4. The summed E-state index contributed by atoms with van der Waals surface area (Å²) in [5.74, 6) is 0.620. The van der Waals surface area contributed by atoms with E-state index >= 15 is 0 Å². The number of nitrogen functional groups attached to an aromatic ring is 1. The number of aromatic nitrogens is 2. The fourth-order valence-corrected chi connectivity index (χ4v) is 4.00. The van der Waals surface area contributed by atoms with Crippen LogP contribution in [0.25, 0.3) is 0 Å². The number of amides is 1. The van der Waals surface area contributed by atoms with Crippen LogP contribution < -0.4 is 20.7 Å². The van der Waals surface area contributed by atoms with Crippen molar-refractivity contribution in [1.29, 1.82) is 0 Å². The molecule has 0 atom stereocenters. The molecule has 1 amide bonds. The second-order valence-corrected chi connectivity index (χ2v) is 8.68. The Kier molecular flexibility index (Phi) is 7.59. The average molecular weight is 461 g/mol. The van der Waals surface area contributed by atoms with Gasteiger partial charge in [0.15, 0.2) is 11.6 Å². The van der Waals surface area contributed by atoms with Crippen LogP contribution in [0.15, 0.2) is 54.6 Å². The molecule has 3 aromatic rings. The number of nitrogens with two attached hydrogens (primary N) is 1. The Hall–Kier alpha value is -3.65. The summed E-state index contributed by atoms with van der Waals surface area (Å²) in [6.45, 7) is 5.21. The second kappa shape index (κ2) is 11.0. The van der Waals surface area contributed by atoms with Crippen LogP contribution in [0.5, 0.6) is 6.01 Å². The number of rotatable bonds is 10. The molecular weight excluding hydrogens is 428 g/mol. The number of anilines is 3. The van der Waals surface area contributed by atoms with Crippen molar-refractivity contribution in [3.05, 3.63) is 71.3 Å². The maximum absolute atomic E-state index is 12.4. The number of hydrogen-bond donors (Lipinski definition) is 2. The van der Waals surface area contributed by atoms with Gasteiger partial charge >= 0.3 is 6.01 Å². The van der Waals surface area contributed by atoms with Gasteiger partial charge < -0.3 is 25.6 Å². The fourth-order valence-electron chi connectivity index (χ4n) is 4.00. The van der Waals surface area contributed by atoms with E-state index in [1.807, 2.05) is 35.2 Å². The molecule has 1 aromatic heterocycles. The van der Waals surface area contributed by atoms with Gasteiger partial charge in [-0.2, -0.15) is 9.97 Å². The topological polar surface area (TPSA) is 96.6 Å². The van der Waals surface area contributed by atoms with Gasteiger partial charge in [-0.1, -0.05) is 67.9 Å². The summed E-state index contributed by atoms with van der Waals surface area (Å²) < 4.78 is 5.81. The first kappa shape index (κ1) is 23.5. The van der Waals surface area contributed by atoms with Crippen LogP contribution in [-0.4, -0.2) is 40.9 Å². The Balaban J connectivity index is 1.52. The Morgan fingerprint density at radius 3 is 2.65 bits per heavy atom. The van der Waals surface area contributed by atoms with Gasteiger partial charge in [-0.3, -0.25) is 4.79 Å². The molecule has 4 rings (SSSR count). The van der Waals surface area contributed by atoms with E-state index in [1.165, 1.54) is 18.4 Å². The third kappa shape index (κ3) is 6.02. The number of nitrogens with zero attached hydrogens (tertiary/aromatic N) is 4. The fraction of sp³-hybridized carbons (Fsp3) is 0.346. The highest BCUT2D eigenvalue weighted by Gasteiger charge is 2.27. The minimum absolute atomic E-state index is 0.142. The lowest BCUT2D eigenvalue weighted by Crippen LogP contribution is -2.39. The molecule has 0 unspecified atom stereocenters. The lowest BCUT2D eigenvalue weighted by Gasteiger charge is -2.30. The number of nitrogens with one attached hydrogen (secondary N) is 1. The SMILES string of the molecule is CCCCN(C)Cc1cccc(CN2CC(=O)Nc3c(N)nc(OCc4ccccc4)nc32)c1. The van der Waals surface area contributed by atoms with Crippen LogP contribution in [0.3, 0.4) is 0 Å². The maximum atomic E-state index is 12.4. The van der Waals surface area contributed by atoms with Crippen molar-refractivity contribution in [3.63, 3.8) is 0 Å². The van der Waals surface area contributed by atoms with E-state index in [9.17, 15) is 4.79 Å². The Morgan fingerprint density at radius 1 is 1.09 bits per heavy atom. The normalized spacial score (nSPS) is 13.0. The third-order valence-corrected chi connectivity index (χ3v) is 5.72. The monoisotopic (exact) mass is 460 g/mol. The van der Waals surface area contributed by atoms with Crippen molar-refractivity contribution in [3.8, 4) is 6.01 Å². The molecule has 1 aliphatic heterocycles. The summed E-state index contributed by atoms with van der Waals surface area (Å²) >= 11 is 0. The standard InChI is InChI=1S/C26H32N6O2/c1-3-4-13-31(2)15-20-11-8-12-21(14-20)16-32-17-22(33)28-23-24(27)29-26(30-25(23)32)34-18-19-9-6-5-7-10-19/h5-12,14H,3-4,13,15-18H2,1-2H3,(H,28,33)(H2,27,29,30). The highest BCUT2D eigenvalue weighted by molar-refractivity contribution is 6.03. The Morgan fingerprint density at radius 2 is 1.85 bits per heavy atom. The van der Waals surface area contributed by atoms with Crippen molar-refractivity contribution < 1.29 is 9.53 Å². The average Bonchev–Trinajstić information content (AvgIpc) is 2.83. The highest BCUT2D eigenvalue weighted by Crippen LogP contribution is 2.34. The van der Waals surface area contributed by atoms with Gasteiger partial charge in [0.2, 0.25) is 5.91 Å². The summed E-state index contributed by atoms with van der Waals surface area (Å²) in [6.07, 6.45) is 2.37. The van der Waals surface area contributed by atoms with E-state index in [0.717, 1.165) is 24.2 Å². The first-order chi connectivity index (χ1) is 16.5. The second-order valence-electron chi connectivity index (χ2n) is 8.68. The van der Waals surface area contributed by atoms with Crippen LogP contribution in [0.1, 0.15) is 36.5 Å². The zero-order valence-corrected chi connectivity index (χ0v) is 19.8. The van der Waals surface area contributed by atoms with Crippen LogP contribution in [-0.2, 0) is 24.5 Å². The van der Waals surface area contributed by atoms with Gasteiger partial charge in [0.1, 0.15) is 12.3 Å². The molecular formula is C26H32N6O2. The van der Waals surface area contributed by atoms with Crippen LogP contribution in [0, 0.1) is 0 Å². The van der Waals surface area contributed by atoms with Gasteiger partial charge in [0.25, 0.3) is 0 Å². The highest BCUT2D eigenvalue weighted by atomic mass is 16.5. The van der Waals surface area contributed by atoms with Crippen molar-refractivity contribution in [2.24, 2.45) is 0 Å². The predicted octanol–water partition coefficient (Wildman–Crippen LogP) is 3.83. The Bertz CT molecular complexity index is 1120. The first-order valence-corrected chi connectivity index (χ1v) is 11.7. The zero-order valence-electron chi connectivity index (χ0n) is 19.8.